The fraction of sp³-hybridized carbons (Fsp3) is 0.375. The summed E-state index contributed by atoms with van der Waals surface area (Å²) in [5.74, 6) is -0.220. The van der Waals surface area contributed by atoms with Crippen molar-refractivity contribution in [1.29, 1.82) is 0 Å². The lowest BCUT2D eigenvalue weighted by atomic mass is 10.3. The molecule has 1 aliphatic heterocycles. The van der Waals surface area contributed by atoms with Gasteiger partial charge < -0.3 is 14.6 Å². The minimum absolute atomic E-state index is 0.0388. The molecular formula is C16H19FN4O4S. The largest absolute Gasteiger partial charge is 0.484 e. The molecule has 26 heavy (non-hydrogen) atoms. The number of imidazole rings is 1. The first kappa shape index (κ1) is 18.3. The molecule has 1 aliphatic rings. The maximum atomic E-state index is 12.9. The zero-order valence-electron chi connectivity index (χ0n) is 14.0. The van der Waals surface area contributed by atoms with Gasteiger partial charge in [0, 0.05) is 26.2 Å². The van der Waals surface area contributed by atoms with Crippen molar-refractivity contribution in [2.45, 2.75) is 11.4 Å². The summed E-state index contributed by atoms with van der Waals surface area (Å²) in [4.78, 5) is 20.2. The van der Waals surface area contributed by atoms with E-state index in [9.17, 15) is 17.6 Å². The third-order valence-electron chi connectivity index (χ3n) is 4.07. The van der Waals surface area contributed by atoms with Gasteiger partial charge in [-0.1, -0.05) is 0 Å². The van der Waals surface area contributed by atoms with E-state index in [2.05, 4.69) is 9.97 Å². The van der Waals surface area contributed by atoms with Crippen LogP contribution in [0, 0.1) is 5.82 Å². The van der Waals surface area contributed by atoms with Gasteiger partial charge in [-0.25, -0.2) is 17.8 Å². The van der Waals surface area contributed by atoms with Crippen LogP contribution in [0.2, 0.25) is 0 Å². The van der Waals surface area contributed by atoms with E-state index in [1.807, 2.05) is 0 Å². The normalized spacial score (nSPS) is 16.3. The van der Waals surface area contributed by atoms with Gasteiger partial charge in [0.15, 0.2) is 11.6 Å². The molecule has 0 bridgehead atoms. The molecular weight excluding hydrogens is 363 g/mol. The number of amides is 1. The Morgan fingerprint density at radius 3 is 2.65 bits per heavy atom. The van der Waals surface area contributed by atoms with Crippen LogP contribution in [0.3, 0.4) is 0 Å². The van der Waals surface area contributed by atoms with E-state index in [0.717, 1.165) is 0 Å². The molecule has 0 atom stereocenters. The summed E-state index contributed by atoms with van der Waals surface area (Å²) in [6.45, 7) is 1.06. The van der Waals surface area contributed by atoms with Gasteiger partial charge in [0.25, 0.3) is 15.9 Å². The molecule has 2 aromatic rings. The average molecular weight is 382 g/mol. The number of sulfonamides is 1. The van der Waals surface area contributed by atoms with E-state index < -0.39 is 10.0 Å². The summed E-state index contributed by atoms with van der Waals surface area (Å²) in [7, 11) is -3.64. The highest BCUT2D eigenvalue weighted by Gasteiger charge is 2.29. The Morgan fingerprint density at radius 2 is 1.96 bits per heavy atom. The summed E-state index contributed by atoms with van der Waals surface area (Å²) in [5.41, 5.74) is 0. The first-order valence-corrected chi connectivity index (χ1v) is 9.55. The number of carbonyl (C=O) groups is 1. The summed E-state index contributed by atoms with van der Waals surface area (Å²) in [6, 6.07) is 5.40. The standard InChI is InChI=1S/C16H19FN4O4S/c17-13-2-4-14(5-3-13)25-11-16(22)20-6-1-7-21(9-8-20)26(23,24)15-10-18-12-19-15/h2-5,10,12H,1,6-9,11H2,(H,18,19). The highest BCUT2D eigenvalue weighted by Crippen LogP contribution is 2.16. The molecule has 2 heterocycles. The van der Waals surface area contributed by atoms with Crippen LogP contribution in [0.15, 0.2) is 41.8 Å². The fourth-order valence-electron chi connectivity index (χ4n) is 2.67. The molecule has 8 nitrogen and oxygen atoms in total. The zero-order valence-corrected chi connectivity index (χ0v) is 14.8. The van der Waals surface area contributed by atoms with Crippen LogP contribution in [0.5, 0.6) is 5.75 Å². The second-order valence-corrected chi connectivity index (χ2v) is 7.70. The molecule has 0 radical (unpaired) electrons. The second-order valence-electron chi connectivity index (χ2n) is 5.80. The number of aromatic nitrogens is 2. The minimum Gasteiger partial charge on any atom is -0.484 e. The average Bonchev–Trinajstić information content (AvgIpc) is 3.06. The van der Waals surface area contributed by atoms with Crippen LogP contribution in [0.25, 0.3) is 0 Å². The number of carbonyl (C=O) groups excluding carboxylic acids is 1. The Labute approximate surface area is 150 Å². The molecule has 1 saturated heterocycles. The highest BCUT2D eigenvalue weighted by molar-refractivity contribution is 7.89. The van der Waals surface area contributed by atoms with Crippen LogP contribution in [0.1, 0.15) is 6.42 Å². The van der Waals surface area contributed by atoms with Gasteiger partial charge in [0.05, 0.1) is 12.5 Å². The first-order valence-electron chi connectivity index (χ1n) is 8.11. The van der Waals surface area contributed by atoms with Gasteiger partial charge in [-0.05, 0) is 30.7 Å². The Balaban J connectivity index is 1.56. The topological polar surface area (TPSA) is 95.6 Å². The summed E-state index contributed by atoms with van der Waals surface area (Å²) >= 11 is 0. The van der Waals surface area contributed by atoms with Crippen molar-refractivity contribution < 1.29 is 22.3 Å². The van der Waals surface area contributed by atoms with Crippen molar-refractivity contribution in [3.63, 3.8) is 0 Å². The third kappa shape index (κ3) is 4.20. The number of ether oxygens (including phenoxy) is 1. The summed E-state index contributed by atoms with van der Waals surface area (Å²) in [5, 5.41) is 0.0388. The van der Waals surface area contributed by atoms with Crippen molar-refractivity contribution in [1.82, 2.24) is 19.2 Å². The van der Waals surface area contributed by atoms with E-state index in [0.29, 0.717) is 25.3 Å². The van der Waals surface area contributed by atoms with Gasteiger partial charge in [0.2, 0.25) is 0 Å². The van der Waals surface area contributed by atoms with Gasteiger partial charge in [-0.3, -0.25) is 4.79 Å². The second kappa shape index (κ2) is 7.83. The maximum absolute atomic E-state index is 12.9. The number of halogens is 1. The van der Waals surface area contributed by atoms with Crippen LogP contribution in [0.4, 0.5) is 4.39 Å². The SMILES string of the molecule is O=C(COc1ccc(F)cc1)N1CCCN(S(=O)(=O)c2cnc[nH]2)CC1. The minimum atomic E-state index is -3.64. The number of nitrogens with one attached hydrogen (secondary N) is 1. The number of rotatable bonds is 5. The Bertz CT molecular complexity index is 840. The summed E-state index contributed by atoms with van der Waals surface area (Å²) in [6.07, 6.45) is 3.10. The molecule has 1 fully saturated rings. The molecule has 1 amide bonds. The van der Waals surface area contributed by atoms with E-state index in [4.69, 9.17) is 4.74 Å². The monoisotopic (exact) mass is 382 g/mol. The quantitative estimate of drug-likeness (QED) is 0.827. The van der Waals surface area contributed by atoms with Crippen LogP contribution >= 0.6 is 0 Å². The van der Waals surface area contributed by atoms with Crippen molar-refractivity contribution in [3.05, 3.63) is 42.6 Å². The lowest BCUT2D eigenvalue weighted by Crippen LogP contribution is -2.39. The third-order valence-corrected chi connectivity index (χ3v) is 5.90. The lowest BCUT2D eigenvalue weighted by molar-refractivity contribution is -0.133. The highest BCUT2D eigenvalue weighted by atomic mass is 32.2. The molecule has 0 aliphatic carbocycles. The Kier molecular flexibility index (Phi) is 5.52. The van der Waals surface area contributed by atoms with Crippen molar-refractivity contribution in [3.8, 4) is 5.75 Å². The van der Waals surface area contributed by atoms with Crippen molar-refractivity contribution in [2.24, 2.45) is 0 Å². The number of H-pyrrole nitrogens is 1. The molecule has 10 heteroatoms. The number of hydrogen-bond donors (Lipinski definition) is 1. The van der Waals surface area contributed by atoms with Gasteiger partial charge in [0.1, 0.15) is 11.6 Å². The van der Waals surface area contributed by atoms with Gasteiger partial charge in [-0.15, -0.1) is 0 Å². The number of aromatic amines is 1. The van der Waals surface area contributed by atoms with E-state index >= 15 is 0 Å². The molecule has 140 valence electrons. The zero-order chi connectivity index (χ0) is 18.6. The first-order chi connectivity index (χ1) is 12.5. The molecule has 0 spiro atoms. The molecule has 1 N–H and O–H groups in total. The molecule has 3 rings (SSSR count). The maximum Gasteiger partial charge on any atom is 0.260 e. The smallest absolute Gasteiger partial charge is 0.260 e. The van der Waals surface area contributed by atoms with Crippen LogP contribution in [-0.2, 0) is 14.8 Å². The molecule has 1 aromatic carbocycles. The fourth-order valence-corrected chi connectivity index (χ4v) is 4.04. The predicted octanol–water partition coefficient (Wildman–Crippen LogP) is 0.851. The van der Waals surface area contributed by atoms with E-state index in [-0.39, 0.29) is 36.4 Å². The van der Waals surface area contributed by atoms with Gasteiger partial charge in [-0.2, -0.15) is 4.31 Å². The van der Waals surface area contributed by atoms with E-state index in [1.165, 1.54) is 41.1 Å². The van der Waals surface area contributed by atoms with Crippen LogP contribution < -0.4 is 4.74 Å². The van der Waals surface area contributed by atoms with E-state index in [1.54, 1.807) is 4.90 Å². The number of nitrogens with zero attached hydrogens (tertiary/aromatic N) is 3. The molecule has 0 unspecified atom stereocenters. The lowest BCUT2D eigenvalue weighted by Gasteiger charge is -2.21. The van der Waals surface area contributed by atoms with Crippen molar-refractivity contribution in [2.75, 3.05) is 32.8 Å². The Morgan fingerprint density at radius 1 is 1.19 bits per heavy atom. The molecule has 0 saturated carbocycles. The predicted molar refractivity (Wildman–Crippen MR) is 90.4 cm³/mol. The number of hydrogen-bond acceptors (Lipinski definition) is 5. The number of benzene rings is 1. The molecule has 1 aromatic heterocycles. The van der Waals surface area contributed by atoms with Gasteiger partial charge >= 0.3 is 0 Å². The van der Waals surface area contributed by atoms with Crippen LogP contribution in [-0.4, -0.2) is 66.3 Å². The Hall–Kier alpha value is -2.46. The van der Waals surface area contributed by atoms with Crippen molar-refractivity contribution >= 4 is 15.9 Å². The summed E-state index contributed by atoms with van der Waals surface area (Å²) < 4.78 is 44.6.